The van der Waals surface area contributed by atoms with Crippen LogP contribution in [0.1, 0.15) is 32.5 Å². The van der Waals surface area contributed by atoms with Gasteiger partial charge in [-0.3, -0.25) is 9.80 Å². The second kappa shape index (κ2) is 8.09. The molecule has 1 aliphatic heterocycles. The van der Waals surface area contributed by atoms with Crippen LogP contribution in [0.2, 0.25) is 5.15 Å². The molecule has 1 aromatic carbocycles. The minimum absolute atomic E-state index is 0.194. The van der Waals surface area contributed by atoms with Crippen LogP contribution in [0.15, 0.2) is 30.3 Å². The Morgan fingerprint density at radius 1 is 1.15 bits per heavy atom. The molecule has 1 atom stereocenters. The first-order valence-electron chi connectivity index (χ1n) is 9.34. The molecule has 0 radical (unpaired) electrons. The number of benzene rings is 1. The second-order valence-corrected chi connectivity index (χ2v) is 8.28. The number of halogens is 1. The van der Waals surface area contributed by atoms with E-state index in [0.29, 0.717) is 5.15 Å². The fourth-order valence-electron chi connectivity index (χ4n) is 3.63. The summed E-state index contributed by atoms with van der Waals surface area (Å²) in [5.74, 6) is 0.833. The topological polar surface area (TPSA) is 47.2 Å². The summed E-state index contributed by atoms with van der Waals surface area (Å²) >= 11 is 6.54. The summed E-state index contributed by atoms with van der Waals surface area (Å²) in [5, 5.41) is 3.89. The molecular formula is C20H30ClN5. The quantitative estimate of drug-likeness (QED) is 0.840. The molecule has 1 saturated heterocycles. The highest BCUT2D eigenvalue weighted by molar-refractivity contribution is 6.30. The van der Waals surface area contributed by atoms with Gasteiger partial charge in [-0.15, -0.1) is 0 Å². The van der Waals surface area contributed by atoms with Crippen molar-refractivity contribution in [3.8, 4) is 11.4 Å². The summed E-state index contributed by atoms with van der Waals surface area (Å²) in [5.41, 5.74) is 2.28. The van der Waals surface area contributed by atoms with Crippen molar-refractivity contribution < 1.29 is 0 Å². The third kappa shape index (κ3) is 4.29. The molecule has 3 rings (SSSR count). The number of hydrogen-bond donors (Lipinski definition) is 2. The molecule has 0 aliphatic carbocycles. The Labute approximate surface area is 161 Å². The lowest BCUT2D eigenvalue weighted by Crippen LogP contribution is -2.54. The van der Waals surface area contributed by atoms with Crippen LogP contribution in [0.4, 0.5) is 0 Å². The van der Waals surface area contributed by atoms with Gasteiger partial charge in [-0.05, 0) is 27.8 Å². The summed E-state index contributed by atoms with van der Waals surface area (Å²) < 4.78 is 0. The zero-order valence-electron chi connectivity index (χ0n) is 16.2. The molecule has 1 aliphatic rings. The van der Waals surface area contributed by atoms with Crippen molar-refractivity contribution in [1.29, 1.82) is 0 Å². The lowest BCUT2D eigenvalue weighted by atomic mass is 10.0. The van der Waals surface area contributed by atoms with Gasteiger partial charge in [-0.2, -0.15) is 0 Å². The van der Waals surface area contributed by atoms with Gasteiger partial charge in [0.15, 0.2) is 5.15 Å². The fraction of sp³-hybridized carbons (Fsp3) is 0.550. The Balaban J connectivity index is 1.80. The van der Waals surface area contributed by atoms with E-state index in [1.165, 1.54) is 0 Å². The Morgan fingerprint density at radius 3 is 2.38 bits per heavy atom. The van der Waals surface area contributed by atoms with Gasteiger partial charge in [0, 0.05) is 43.8 Å². The molecule has 5 nitrogen and oxygen atoms in total. The highest BCUT2D eigenvalue weighted by atomic mass is 35.5. The number of likely N-dealkylation sites (N-methyl/N-ethyl adjacent to an activating group) is 1. The van der Waals surface area contributed by atoms with Crippen molar-refractivity contribution in [2.45, 2.75) is 32.4 Å². The number of H-pyrrole nitrogens is 1. The first-order valence-corrected chi connectivity index (χ1v) is 9.72. The summed E-state index contributed by atoms with van der Waals surface area (Å²) in [4.78, 5) is 13.1. The highest BCUT2D eigenvalue weighted by Gasteiger charge is 2.31. The molecule has 0 spiro atoms. The Morgan fingerprint density at radius 2 is 1.81 bits per heavy atom. The Kier molecular flexibility index (Phi) is 6.03. The maximum atomic E-state index is 6.54. The minimum atomic E-state index is 0.194. The van der Waals surface area contributed by atoms with Gasteiger partial charge in [-0.25, -0.2) is 4.98 Å². The number of nitrogens with one attached hydrogen (secondary N) is 2. The van der Waals surface area contributed by atoms with E-state index in [1.807, 2.05) is 37.4 Å². The minimum Gasteiger partial charge on any atom is -0.339 e. The molecule has 1 unspecified atom stereocenters. The van der Waals surface area contributed by atoms with Gasteiger partial charge in [0.05, 0.1) is 11.7 Å². The molecule has 0 bridgehead atoms. The number of hydrogen-bond acceptors (Lipinski definition) is 4. The van der Waals surface area contributed by atoms with Crippen molar-refractivity contribution >= 4 is 11.6 Å². The van der Waals surface area contributed by atoms with E-state index in [-0.39, 0.29) is 11.6 Å². The third-order valence-corrected chi connectivity index (χ3v) is 5.46. The normalized spacial score (nSPS) is 18.2. The van der Waals surface area contributed by atoms with E-state index < -0.39 is 0 Å². The van der Waals surface area contributed by atoms with Crippen molar-refractivity contribution in [2.24, 2.45) is 0 Å². The third-order valence-electron chi connectivity index (χ3n) is 5.17. The van der Waals surface area contributed by atoms with Crippen LogP contribution in [0.5, 0.6) is 0 Å². The first kappa shape index (κ1) is 19.4. The monoisotopic (exact) mass is 375 g/mol. The van der Waals surface area contributed by atoms with Gasteiger partial charge >= 0.3 is 0 Å². The molecule has 2 heterocycles. The fourth-order valence-corrected chi connectivity index (χ4v) is 3.89. The average Bonchev–Trinajstić information content (AvgIpc) is 3.01. The van der Waals surface area contributed by atoms with Crippen LogP contribution in [-0.4, -0.2) is 65.1 Å². The van der Waals surface area contributed by atoms with E-state index in [1.54, 1.807) is 0 Å². The van der Waals surface area contributed by atoms with Crippen molar-refractivity contribution in [3.05, 3.63) is 41.2 Å². The van der Waals surface area contributed by atoms with Crippen LogP contribution >= 0.6 is 11.6 Å². The van der Waals surface area contributed by atoms with Crippen molar-refractivity contribution in [1.82, 2.24) is 25.1 Å². The van der Waals surface area contributed by atoms with E-state index in [4.69, 9.17) is 11.6 Å². The average molecular weight is 376 g/mol. The number of imidazole rings is 1. The summed E-state index contributed by atoms with van der Waals surface area (Å²) in [7, 11) is 1.99. The lowest BCUT2D eigenvalue weighted by molar-refractivity contribution is 0.0411. The van der Waals surface area contributed by atoms with Gasteiger partial charge in [0.1, 0.15) is 5.82 Å². The second-order valence-electron chi connectivity index (χ2n) is 7.92. The maximum Gasteiger partial charge on any atom is 0.152 e. The van der Waals surface area contributed by atoms with Gasteiger partial charge < -0.3 is 10.3 Å². The first-order chi connectivity index (χ1) is 12.4. The lowest BCUT2D eigenvalue weighted by Gasteiger charge is -2.44. The molecule has 26 heavy (non-hydrogen) atoms. The largest absolute Gasteiger partial charge is 0.339 e. The standard InChI is InChI=1S/C20H30ClN5/c1-20(2,3)26-12-10-25(11-13-26)16(14-22-4)17-18(21)24-19(23-17)15-8-6-5-7-9-15/h5-9,16,22H,10-14H2,1-4H3,(H,23,24). The molecule has 2 N–H and O–H groups in total. The Hall–Kier alpha value is -1.40. The predicted molar refractivity (Wildman–Crippen MR) is 109 cm³/mol. The van der Waals surface area contributed by atoms with Crippen LogP contribution in [0.3, 0.4) is 0 Å². The number of aromatic amines is 1. The number of nitrogens with zero attached hydrogens (tertiary/aromatic N) is 3. The maximum absolute atomic E-state index is 6.54. The van der Waals surface area contributed by atoms with Crippen LogP contribution in [0, 0.1) is 0 Å². The molecule has 1 fully saturated rings. The zero-order valence-corrected chi connectivity index (χ0v) is 17.0. The zero-order chi connectivity index (χ0) is 18.7. The highest BCUT2D eigenvalue weighted by Crippen LogP contribution is 2.30. The number of rotatable bonds is 5. The molecule has 0 amide bonds. The molecule has 1 aromatic heterocycles. The molecule has 0 saturated carbocycles. The SMILES string of the molecule is CNCC(c1[nH]c(-c2ccccc2)nc1Cl)N1CCN(C(C)(C)C)CC1. The van der Waals surface area contributed by atoms with Crippen molar-refractivity contribution in [2.75, 3.05) is 39.8 Å². The van der Waals surface area contributed by atoms with Crippen molar-refractivity contribution in [3.63, 3.8) is 0 Å². The van der Waals surface area contributed by atoms with E-state index in [2.05, 4.69) is 45.9 Å². The van der Waals surface area contributed by atoms with E-state index >= 15 is 0 Å². The number of piperazine rings is 1. The molecule has 2 aromatic rings. The van der Waals surface area contributed by atoms with Gasteiger partial charge in [0.2, 0.25) is 0 Å². The summed E-state index contributed by atoms with van der Waals surface area (Å²) in [6.07, 6.45) is 0. The van der Waals surface area contributed by atoms with Gasteiger partial charge in [0.25, 0.3) is 0 Å². The smallest absolute Gasteiger partial charge is 0.152 e. The van der Waals surface area contributed by atoms with E-state index in [9.17, 15) is 0 Å². The summed E-state index contributed by atoms with van der Waals surface area (Å²) in [6.45, 7) is 11.9. The summed E-state index contributed by atoms with van der Waals surface area (Å²) in [6, 6.07) is 10.3. The van der Waals surface area contributed by atoms with Crippen LogP contribution < -0.4 is 5.32 Å². The number of aromatic nitrogens is 2. The van der Waals surface area contributed by atoms with Crippen LogP contribution in [-0.2, 0) is 0 Å². The molecular weight excluding hydrogens is 346 g/mol. The predicted octanol–water partition coefficient (Wildman–Crippen LogP) is 3.41. The van der Waals surface area contributed by atoms with Gasteiger partial charge in [-0.1, -0.05) is 41.9 Å². The molecule has 142 valence electrons. The van der Waals surface area contributed by atoms with Crippen LogP contribution in [0.25, 0.3) is 11.4 Å². The van der Waals surface area contributed by atoms with E-state index in [0.717, 1.165) is 49.8 Å². The Bertz CT molecular complexity index is 699. The molecule has 6 heteroatoms.